The topological polar surface area (TPSA) is 80.5 Å². The molecule has 1 rings (SSSR count). The standard InChI is InChI=1S/C12H16Cl2N2O4S/c1-9-7-11(16(17)18)8-12(10(9)2)21(19,20)15(5-3-13)6-4-14/h7-8H,3-6H2,1-2H3. The summed E-state index contributed by atoms with van der Waals surface area (Å²) in [6.07, 6.45) is 0. The van der Waals surface area contributed by atoms with E-state index in [1.54, 1.807) is 13.8 Å². The number of hydrogen-bond donors (Lipinski definition) is 0. The lowest BCUT2D eigenvalue weighted by molar-refractivity contribution is -0.385. The monoisotopic (exact) mass is 354 g/mol. The van der Waals surface area contributed by atoms with Crippen molar-refractivity contribution in [2.75, 3.05) is 24.8 Å². The summed E-state index contributed by atoms with van der Waals surface area (Å²) in [5.74, 6) is 0.228. The van der Waals surface area contributed by atoms with Crippen molar-refractivity contribution in [3.8, 4) is 0 Å². The average molecular weight is 355 g/mol. The van der Waals surface area contributed by atoms with E-state index in [0.717, 1.165) is 10.4 Å². The van der Waals surface area contributed by atoms with E-state index in [1.165, 1.54) is 6.07 Å². The van der Waals surface area contributed by atoms with Gasteiger partial charge in [0, 0.05) is 37.0 Å². The second-order valence-electron chi connectivity index (χ2n) is 4.42. The molecule has 0 radical (unpaired) electrons. The first-order valence-electron chi connectivity index (χ1n) is 6.13. The molecule has 0 saturated heterocycles. The molecule has 0 saturated carbocycles. The first-order valence-corrected chi connectivity index (χ1v) is 8.64. The van der Waals surface area contributed by atoms with Gasteiger partial charge in [-0.2, -0.15) is 4.31 Å². The largest absolute Gasteiger partial charge is 0.271 e. The quantitative estimate of drug-likeness (QED) is 0.428. The van der Waals surface area contributed by atoms with Crippen LogP contribution < -0.4 is 0 Å². The highest BCUT2D eigenvalue weighted by molar-refractivity contribution is 7.89. The summed E-state index contributed by atoms with van der Waals surface area (Å²) in [5, 5.41) is 10.9. The molecule has 0 amide bonds. The number of non-ortho nitro benzene ring substituents is 1. The first kappa shape index (κ1) is 18.2. The van der Waals surface area contributed by atoms with Gasteiger partial charge in [-0.15, -0.1) is 23.2 Å². The summed E-state index contributed by atoms with van der Waals surface area (Å²) in [6, 6.07) is 2.43. The van der Waals surface area contributed by atoms with Crippen molar-refractivity contribution in [2.45, 2.75) is 18.7 Å². The van der Waals surface area contributed by atoms with E-state index < -0.39 is 14.9 Å². The normalized spacial score (nSPS) is 11.9. The number of halogens is 2. The molecule has 0 aliphatic heterocycles. The van der Waals surface area contributed by atoms with Crippen LogP contribution in [0.25, 0.3) is 0 Å². The molecule has 0 fully saturated rings. The Morgan fingerprint density at radius 2 is 1.71 bits per heavy atom. The van der Waals surface area contributed by atoms with Gasteiger partial charge in [-0.1, -0.05) is 0 Å². The molecule has 21 heavy (non-hydrogen) atoms. The van der Waals surface area contributed by atoms with E-state index in [1.807, 2.05) is 0 Å². The van der Waals surface area contributed by atoms with Gasteiger partial charge in [0.25, 0.3) is 5.69 Å². The Kier molecular flexibility index (Phi) is 6.40. The van der Waals surface area contributed by atoms with Crippen LogP contribution in [0.2, 0.25) is 0 Å². The molecule has 6 nitrogen and oxygen atoms in total. The Balaban J connectivity index is 3.45. The van der Waals surface area contributed by atoms with E-state index in [9.17, 15) is 18.5 Å². The average Bonchev–Trinajstić information content (AvgIpc) is 2.40. The van der Waals surface area contributed by atoms with Crippen LogP contribution in [-0.2, 0) is 10.0 Å². The second kappa shape index (κ2) is 7.40. The van der Waals surface area contributed by atoms with E-state index >= 15 is 0 Å². The minimum absolute atomic E-state index is 0.0792. The minimum atomic E-state index is -3.87. The zero-order valence-electron chi connectivity index (χ0n) is 11.7. The molecular formula is C12H16Cl2N2O4S. The fraction of sp³-hybridized carbons (Fsp3) is 0.500. The summed E-state index contributed by atoms with van der Waals surface area (Å²) in [6.45, 7) is 3.44. The molecule has 9 heteroatoms. The third kappa shape index (κ3) is 4.06. The molecule has 0 aromatic heterocycles. The highest BCUT2D eigenvalue weighted by Crippen LogP contribution is 2.27. The Labute approximate surface area is 133 Å². The molecular weight excluding hydrogens is 339 g/mol. The second-order valence-corrected chi connectivity index (χ2v) is 7.09. The number of nitro groups is 1. The fourth-order valence-electron chi connectivity index (χ4n) is 1.86. The van der Waals surface area contributed by atoms with Gasteiger partial charge < -0.3 is 0 Å². The molecule has 1 aromatic carbocycles. The lowest BCUT2D eigenvalue weighted by atomic mass is 10.1. The molecule has 0 spiro atoms. The molecule has 0 unspecified atom stereocenters. The van der Waals surface area contributed by atoms with Crippen LogP contribution in [0.1, 0.15) is 11.1 Å². The van der Waals surface area contributed by atoms with E-state index in [2.05, 4.69) is 0 Å². The molecule has 0 aliphatic rings. The molecule has 1 aromatic rings. The fourth-order valence-corrected chi connectivity index (χ4v) is 4.23. The highest BCUT2D eigenvalue weighted by atomic mass is 35.5. The van der Waals surface area contributed by atoms with Crippen LogP contribution in [0.3, 0.4) is 0 Å². The number of sulfonamides is 1. The molecule has 0 heterocycles. The highest BCUT2D eigenvalue weighted by Gasteiger charge is 2.28. The zero-order valence-corrected chi connectivity index (χ0v) is 14.0. The van der Waals surface area contributed by atoms with E-state index in [0.29, 0.717) is 11.1 Å². The maximum absolute atomic E-state index is 12.6. The lowest BCUT2D eigenvalue weighted by Gasteiger charge is -2.21. The Morgan fingerprint density at radius 3 is 2.14 bits per heavy atom. The van der Waals surface area contributed by atoms with Gasteiger partial charge in [0.05, 0.1) is 9.82 Å². The van der Waals surface area contributed by atoms with E-state index in [-0.39, 0.29) is 35.4 Å². The van der Waals surface area contributed by atoms with Crippen LogP contribution in [0.15, 0.2) is 17.0 Å². The van der Waals surface area contributed by atoms with Crippen molar-refractivity contribution >= 4 is 38.9 Å². The molecule has 118 valence electrons. The maximum Gasteiger partial charge on any atom is 0.271 e. The summed E-state index contributed by atoms with van der Waals surface area (Å²) in [5.41, 5.74) is 0.766. The third-order valence-corrected chi connectivity index (χ3v) is 5.46. The van der Waals surface area contributed by atoms with Crippen molar-refractivity contribution in [2.24, 2.45) is 0 Å². The van der Waals surface area contributed by atoms with Crippen molar-refractivity contribution in [1.29, 1.82) is 0 Å². The summed E-state index contributed by atoms with van der Waals surface area (Å²) in [4.78, 5) is 10.2. The summed E-state index contributed by atoms with van der Waals surface area (Å²) >= 11 is 11.2. The Hall–Kier alpha value is -0.890. The Bertz CT molecular complexity index is 628. The zero-order chi connectivity index (χ0) is 16.2. The molecule has 0 atom stereocenters. The van der Waals surface area contributed by atoms with Crippen molar-refractivity contribution in [3.63, 3.8) is 0 Å². The Morgan fingerprint density at radius 1 is 1.19 bits per heavy atom. The van der Waals surface area contributed by atoms with Gasteiger partial charge in [-0.3, -0.25) is 10.1 Å². The third-order valence-electron chi connectivity index (χ3n) is 3.10. The van der Waals surface area contributed by atoms with Gasteiger partial charge in [0.15, 0.2) is 0 Å². The smallest absolute Gasteiger partial charge is 0.258 e. The van der Waals surface area contributed by atoms with Gasteiger partial charge in [0.2, 0.25) is 10.0 Å². The number of hydrogen-bond acceptors (Lipinski definition) is 4. The number of rotatable bonds is 7. The molecule has 0 aliphatic carbocycles. The van der Waals surface area contributed by atoms with Crippen LogP contribution in [-0.4, -0.2) is 42.5 Å². The molecule has 0 bridgehead atoms. The maximum atomic E-state index is 12.6. The van der Waals surface area contributed by atoms with Gasteiger partial charge in [0.1, 0.15) is 0 Å². The number of aryl methyl sites for hydroxylation is 1. The van der Waals surface area contributed by atoms with Crippen LogP contribution in [0.5, 0.6) is 0 Å². The van der Waals surface area contributed by atoms with Crippen LogP contribution in [0.4, 0.5) is 5.69 Å². The first-order chi connectivity index (χ1) is 9.75. The summed E-state index contributed by atoms with van der Waals surface area (Å²) < 4.78 is 26.4. The van der Waals surface area contributed by atoms with E-state index in [4.69, 9.17) is 23.2 Å². The number of benzene rings is 1. The SMILES string of the molecule is Cc1cc([N+](=O)[O-])cc(S(=O)(=O)N(CCCl)CCCl)c1C. The lowest BCUT2D eigenvalue weighted by Crippen LogP contribution is -2.35. The van der Waals surface area contributed by atoms with Gasteiger partial charge in [-0.25, -0.2) is 8.42 Å². The number of nitro benzene ring substituents is 1. The van der Waals surface area contributed by atoms with Crippen LogP contribution in [0, 0.1) is 24.0 Å². The van der Waals surface area contributed by atoms with Gasteiger partial charge >= 0.3 is 0 Å². The van der Waals surface area contributed by atoms with Crippen molar-refractivity contribution in [1.82, 2.24) is 4.31 Å². The number of nitrogens with zero attached hydrogens (tertiary/aromatic N) is 2. The molecule has 0 N–H and O–H groups in total. The number of alkyl halides is 2. The predicted molar refractivity (Wildman–Crippen MR) is 82.8 cm³/mol. The summed E-state index contributed by atoms with van der Waals surface area (Å²) in [7, 11) is -3.87. The van der Waals surface area contributed by atoms with Gasteiger partial charge in [-0.05, 0) is 25.0 Å². The minimum Gasteiger partial charge on any atom is -0.258 e. The van der Waals surface area contributed by atoms with Crippen molar-refractivity contribution in [3.05, 3.63) is 33.4 Å². The van der Waals surface area contributed by atoms with Crippen LogP contribution >= 0.6 is 23.2 Å². The van der Waals surface area contributed by atoms with Crippen molar-refractivity contribution < 1.29 is 13.3 Å². The predicted octanol–water partition coefficient (Wildman–Crippen LogP) is 2.68.